The zero-order valence-electron chi connectivity index (χ0n) is 12.3. The Hall–Kier alpha value is -2.00. The van der Waals surface area contributed by atoms with Gasteiger partial charge in [0.1, 0.15) is 11.3 Å². The smallest absolute Gasteiger partial charge is 0.352 e. The van der Waals surface area contributed by atoms with Gasteiger partial charge in [0, 0.05) is 37.6 Å². The Labute approximate surface area is 138 Å². The standard InChI is InChI=1S/C15H12F4N4S/c16-10-6-11-8(5-9(10)15(17,18)19)13-12(21-7-24-13)14(22-11)23-3-1-20-2-4-23/h5-7,20H,1-4H2. The van der Waals surface area contributed by atoms with E-state index in [-0.39, 0.29) is 10.9 Å². The van der Waals surface area contributed by atoms with Crippen molar-refractivity contribution in [3.8, 4) is 0 Å². The zero-order valence-corrected chi connectivity index (χ0v) is 13.1. The molecule has 0 atom stereocenters. The lowest BCUT2D eigenvalue weighted by atomic mass is 10.1. The van der Waals surface area contributed by atoms with Crippen molar-refractivity contribution < 1.29 is 17.6 Å². The van der Waals surface area contributed by atoms with Crippen molar-refractivity contribution in [2.45, 2.75) is 6.18 Å². The molecule has 1 fully saturated rings. The Kier molecular flexibility index (Phi) is 3.57. The summed E-state index contributed by atoms with van der Waals surface area (Å²) in [5, 5.41) is 3.50. The van der Waals surface area contributed by atoms with Crippen molar-refractivity contribution in [2.24, 2.45) is 0 Å². The van der Waals surface area contributed by atoms with Crippen molar-refractivity contribution in [1.82, 2.24) is 15.3 Å². The molecule has 9 heteroatoms. The second-order valence-electron chi connectivity index (χ2n) is 5.55. The van der Waals surface area contributed by atoms with Gasteiger partial charge in [-0.3, -0.25) is 0 Å². The number of hydrogen-bond acceptors (Lipinski definition) is 5. The third-order valence-corrected chi connectivity index (χ3v) is 4.92. The maximum Gasteiger partial charge on any atom is 0.419 e. The predicted octanol–water partition coefficient (Wildman–Crippen LogP) is 3.41. The summed E-state index contributed by atoms with van der Waals surface area (Å²) in [4.78, 5) is 10.7. The average molecular weight is 356 g/mol. The third kappa shape index (κ3) is 2.48. The van der Waals surface area contributed by atoms with E-state index in [1.165, 1.54) is 11.3 Å². The Balaban J connectivity index is 1.98. The van der Waals surface area contributed by atoms with Crippen LogP contribution in [-0.2, 0) is 6.18 Å². The molecule has 0 radical (unpaired) electrons. The molecule has 0 unspecified atom stereocenters. The molecule has 24 heavy (non-hydrogen) atoms. The van der Waals surface area contributed by atoms with Gasteiger partial charge in [-0.2, -0.15) is 13.2 Å². The van der Waals surface area contributed by atoms with Gasteiger partial charge in [-0.1, -0.05) is 0 Å². The van der Waals surface area contributed by atoms with Crippen molar-refractivity contribution >= 4 is 38.3 Å². The first-order chi connectivity index (χ1) is 11.4. The first kappa shape index (κ1) is 15.5. The van der Waals surface area contributed by atoms with Crippen LogP contribution in [0.25, 0.3) is 21.1 Å². The van der Waals surface area contributed by atoms with E-state index in [0.29, 0.717) is 29.1 Å². The quantitative estimate of drug-likeness (QED) is 0.679. The minimum Gasteiger partial charge on any atom is -0.352 e. The van der Waals surface area contributed by atoms with E-state index in [1.54, 1.807) is 5.51 Å². The van der Waals surface area contributed by atoms with Gasteiger partial charge in [-0.15, -0.1) is 11.3 Å². The third-order valence-electron chi connectivity index (χ3n) is 4.06. The molecule has 0 bridgehead atoms. The van der Waals surface area contributed by atoms with Gasteiger partial charge in [0.05, 0.1) is 21.3 Å². The number of hydrogen-bond donors (Lipinski definition) is 1. The molecule has 4 rings (SSSR count). The van der Waals surface area contributed by atoms with Crippen LogP contribution in [-0.4, -0.2) is 36.1 Å². The lowest BCUT2D eigenvalue weighted by Gasteiger charge is -2.28. The number of fused-ring (bicyclic) bond motifs is 3. The van der Waals surface area contributed by atoms with E-state index in [0.717, 1.165) is 25.2 Å². The highest BCUT2D eigenvalue weighted by molar-refractivity contribution is 7.17. The first-order valence-corrected chi connectivity index (χ1v) is 8.22. The summed E-state index contributed by atoms with van der Waals surface area (Å²) >= 11 is 1.24. The lowest BCUT2D eigenvalue weighted by molar-refractivity contribution is -0.139. The SMILES string of the molecule is Fc1cc2nc(N3CCNCC3)c3ncsc3c2cc1C(F)(F)F. The summed E-state index contributed by atoms with van der Waals surface area (Å²) in [6, 6.07) is 1.70. The predicted molar refractivity (Wildman–Crippen MR) is 85.0 cm³/mol. The first-order valence-electron chi connectivity index (χ1n) is 7.34. The molecule has 3 aromatic rings. The van der Waals surface area contributed by atoms with E-state index in [1.807, 2.05) is 4.90 Å². The van der Waals surface area contributed by atoms with E-state index < -0.39 is 17.6 Å². The van der Waals surface area contributed by atoms with Gasteiger partial charge in [-0.25, -0.2) is 14.4 Å². The molecule has 2 aromatic heterocycles. The van der Waals surface area contributed by atoms with Crippen LogP contribution in [0, 0.1) is 5.82 Å². The average Bonchev–Trinajstić information content (AvgIpc) is 3.03. The van der Waals surface area contributed by atoms with Crippen LogP contribution >= 0.6 is 11.3 Å². The summed E-state index contributed by atoms with van der Waals surface area (Å²) in [6.07, 6.45) is -4.74. The second-order valence-corrected chi connectivity index (χ2v) is 6.40. The zero-order chi connectivity index (χ0) is 16.9. The molecular weight excluding hydrogens is 344 g/mol. The number of nitrogens with zero attached hydrogens (tertiary/aromatic N) is 3. The molecule has 0 amide bonds. The van der Waals surface area contributed by atoms with E-state index in [4.69, 9.17) is 0 Å². The molecule has 126 valence electrons. The highest BCUT2D eigenvalue weighted by Gasteiger charge is 2.35. The minimum atomic E-state index is -4.74. The summed E-state index contributed by atoms with van der Waals surface area (Å²) in [6.45, 7) is 3.00. The number of piperazine rings is 1. The van der Waals surface area contributed by atoms with Crippen LogP contribution in [0.15, 0.2) is 17.6 Å². The number of aromatic nitrogens is 2. The Morgan fingerprint density at radius 2 is 1.92 bits per heavy atom. The van der Waals surface area contributed by atoms with Gasteiger partial charge in [0.25, 0.3) is 0 Å². The van der Waals surface area contributed by atoms with E-state index in [9.17, 15) is 17.6 Å². The van der Waals surface area contributed by atoms with Crippen LogP contribution in [0.4, 0.5) is 23.4 Å². The molecule has 4 nitrogen and oxygen atoms in total. The Bertz CT molecular complexity index is 915. The van der Waals surface area contributed by atoms with Crippen LogP contribution in [0.5, 0.6) is 0 Å². The number of halogens is 4. The van der Waals surface area contributed by atoms with Gasteiger partial charge < -0.3 is 10.2 Å². The van der Waals surface area contributed by atoms with E-state index >= 15 is 0 Å². The fourth-order valence-electron chi connectivity index (χ4n) is 2.92. The van der Waals surface area contributed by atoms with Crippen LogP contribution in [0.3, 0.4) is 0 Å². The second kappa shape index (κ2) is 5.52. The lowest BCUT2D eigenvalue weighted by Crippen LogP contribution is -2.44. The number of pyridine rings is 1. The monoisotopic (exact) mass is 356 g/mol. The fraction of sp³-hybridized carbons (Fsp3) is 0.333. The maximum absolute atomic E-state index is 13.9. The largest absolute Gasteiger partial charge is 0.419 e. The summed E-state index contributed by atoms with van der Waals surface area (Å²) in [5.41, 5.74) is 1.08. The summed E-state index contributed by atoms with van der Waals surface area (Å²) < 4.78 is 53.5. The number of anilines is 1. The van der Waals surface area contributed by atoms with Gasteiger partial charge >= 0.3 is 6.18 Å². The van der Waals surface area contributed by atoms with Gasteiger partial charge in [-0.05, 0) is 6.07 Å². The molecule has 1 aliphatic rings. The Morgan fingerprint density at radius 1 is 1.17 bits per heavy atom. The number of rotatable bonds is 1. The van der Waals surface area contributed by atoms with Crippen LogP contribution in [0.2, 0.25) is 0 Å². The van der Waals surface area contributed by atoms with Crippen molar-refractivity contribution in [3.05, 3.63) is 29.0 Å². The molecule has 0 aliphatic carbocycles. The Morgan fingerprint density at radius 3 is 2.62 bits per heavy atom. The number of alkyl halides is 3. The highest BCUT2D eigenvalue weighted by Crippen LogP contribution is 2.38. The number of thiazole rings is 1. The normalized spacial score (nSPS) is 16.2. The van der Waals surface area contributed by atoms with Crippen LogP contribution < -0.4 is 10.2 Å². The number of benzene rings is 1. The maximum atomic E-state index is 13.9. The molecule has 1 saturated heterocycles. The molecule has 3 heterocycles. The molecule has 1 aliphatic heterocycles. The van der Waals surface area contributed by atoms with Crippen molar-refractivity contribution in [2.75, 3.05) is 31.1 Å². The fourth-order valence-corrected chi connectivity index (χ4v) is 3.72. The van der Waals surface area contributed by atoms with Crippen molar-refractivity contribution in [1.29, 1.82) is 0 Å². The molecule has 1 aromatic carbocycles. The summed E-state index contributed by atoms with van der Waals surface area (Å²) in [5.74, 6) is -0.711. The topological polar surface area (TPSA) is 41.1 Å². The molecule has 0 saturated carbocycles. The molecule has 0 spiro atoms. The highest BCUT2D eigenvalue weighted by atomic mass is 32.1. The molecular formula is C15H12F4N4S. The number of nitrogens with one attached hydrogen (secondary N) is 1. The van der Waals surface area contributed by atoms with Gasteiger partial charge in [0.2, 0.25) is 0 Å². The van der Waals surface area contributed by atoms with Crippen molar-refractivity contribution in [3.63, 3.8) is 0 Å². The van der Waals surface area contributed by atoms with E-state index in [2.05, 4.69) is 15.3 Å². The van der Waals surface area contributed by atoms with Crippen LogP contribution in [0.1, 0.15) is 5.56 Å². The minimum absolute atomic E-state index is 0.214. The molecule has 1 N–H and O–H groups in total. The van der Waals surface area contributed by atoms with Gasteiger partial charge in [0.15, 0.2) is 5.82 Å². The summed E-state index contributed by atoms with van der Waals surface area (Å²) in [7, 11) is 0.